The molecule has 0 aliphatic rings. The monoisotopic (exact) mass is 339 g/mol. The molecule has 2 aromatic rings. The summed E-state index contributed by atoms with van der Waals surface area (Å²) < 4.78 is 0. The van der Waals surface area contributed by atoms with E-state index >= 15 is 0 Å². The van der Waals surface area contributed by atoms with Crippen LogP contribution in [0.3, 0.4) is 0 Å². The number of amides is 2. The van der Waals surface area contributed by atoms with Crippen molar-refractivity contribution in [2.24, 2.45) is 5.73 Å². The van der Waals surface area contributed by atoms with Crippen LogP contribution in [-0.4, -0.2) is 36.3 Å². The Kier molecular flexibility index (Phi) is 6.71. The zero-order chi connectivity index (χ0) is 18.2. The Morgan fingerprint density at radius 2 is 1.72 bits per heavy atom. The highest BCUT2D eigenvalue weighted by Gasteiger charge is 2.17. The fourth-order valence-electron chi connectivity index (χ4n) is 2.54. The zero-order valence-corrected chi connectivity index (χ0v) is 14.7. The van der Waals surface area contributed by atoms with Gasteiger partial charge in [0.05, 0.1) is 6.04 Å². The van der Waals surface area contributed by atoms with Gasteiger partial charge >= 0.3 is 0 Å². The van der Waals surface area contributed by atoms with E-state index in [4.69, 9.17) is 5.73 Å². The number of nitrogens with one attached hydrogen (secondary N) is 1. The SMILES string of the molecule is C[C@@H](C(=O)Nc1ccc(C(N)=O)cc1)N(C)CCCc1ccccc1. The van der Waals surface area contributed by atoms with Crippen LogP contribution in [0.2, 0.25) is 0 Å². The minimum atomic E-state index is -0.482. The van der Waals surface area contributed by atoms with Crippen molar-refractivity contribution in [2.75, 3.05) is 18.9 Å². The lowest BCUT2D eigenvalue weighted by molar-refractivity contribution is -0.120. The third-order valence-electron chi connectivity index (χ3n) is 4.30. The van der Waals surface area contributed by atoms with Crippen LogP contribution in [0.25, 0.3) is 0 Å². The molecule has 2 aromatic carbocycles. The summed E-state index contributed by atoms with van der Waals surface area (Å²) in [7, 11) is 1.95. The highest BCUT2D eigenvalue weighted by Crippen LogP contribution is 2.11. The van der Waals surface area contributed by atoms with E-state index in [0.717, 1.165) is 19.4 Å². The van der Waals surface area contributed by atoms with E-state index in [1.54, 1.807) is 24.3 Å². The van der Waals surface area contributed by atoms with Crippen molar-refractivity contribution in [3.05, 3.63) is 65.7 Å². The number of likely N-dealkylation sites (N-methyl/N-ethyl adjacent to an activating group) is 1. The van der Waals surface area contributed by atoms with Crippen molar-refractivity contribution in [1.82, 2.24) is 4.90 Å². The summed E-state index contributed by atoms with van der Waals surface area (Å²) in [5, 5.41) is 2.86. The molecular weight excluding hydrogens is 314 g/mol. The highest BCUT2D eigenvalue weighted by molar-refractivity contribution is 5.96. The quantitative estimate of drug-likeness (QED) is 0.776. The fraction of sp³-hybridized carbons (Fsp3) is 0.300. The number of carbonyl (C=O) groups is 2. The lowest BCUT2D eigenvalue weighted by Crippen LogP contribution is -2.40. The summed E-state index contributed by atoms with van der Waals surface area (Å²) in [5.41, 5.74) is 7.59. The van der Waals surface area contributed by atoms with E-state index in [0.29, 0.717) is 11.3 Å². The van der Waals surface area contributed by atoms with Crippen LogP contribution in [-0.2, 0) is 11.2 Å². The molecule has 0 saturated carbocycles. The second kappa shape index (κ2) is 8.99. The van der Waals surface area contributed by atoms with Gasteiger partial charge in [-0.2, -0.15) is 0 Å². The molecule has 3 N–H and O–H groups in total. The molecule has 132 valence electrons. The molecule has 0 unspecified atom stereocenters. The minimum Gasteiger partial charge on any atom is -0.366 e. The van der Waals surface area contributed by atoms with Gasteiger partial charge in [-0.15, -0.1) is 0 Å². The summed E-state index contributed by atoms with van der Waals surface area (Å²) in [6.45, 7) is 2.72. The maximum absolute atomic E-state index is 12.4. The molecule has 0 aromatic heterocycles. The summed E-state index contributed by atoms with van der Waals surface area (Å²) >= 11 is 0. The number of nitrogens with zero attached hydrogens (tertiary/aromatic N) is 1. The predicted octanol–water partition coefficient (Wildman–Crippen LogP) is 2.68. The normalized spacial score (nSPS) is 12.0. The third-order valence-corrected chi connectivity index (χ3v) is 4.30. The molecule has 0 aliphatic heterocycles. The molecule has 25 heavy (non-hydrogen) atoms. The predicted molar refractivity (Wildman–Crippen MR) is 100 cm³/mol. The number of rotatable bonds is 8. The van der Waals surface area contributed by atoms with Crippen molar-refractivity contribution in [3.8, 4) is 0 Å². The van der Waals surface area contributed by atoms with Crippen LogP contribution in [0.1, 0.15) is 29.3 Å². The Morgan fingerprint density at radius 3 is 2.32 bits per heavy atom. The molecule has 0 bridgehead atoms. The summed E-state index contributed by atoms with van der Waals surface area (Å²) in [4.78, 5) is 25.5. The second-order valence-electron chi connectivity index (χ2n) is 6.18. The molecule has 2 rings (SSSR count). The van der Waals surface area contributed by atoms with Gasteiger partial charge in [0.2, 0.25) is 11.8 Å². The van der Waals surface area contributed by atoms with E-state index < -0.39 is 5.91 Å². The molecule has 0 fully saturated rings. The largest absolute Gasteiger partial charge is 0.366 e. The molecule has 1 atom stereocenters. The van der Waals surface area contributed by atoms with Crippen molar-refractivity contribution < 1.29 is 9.59 Å². The van der Waals surface area contributed by atoms with Crippen LogP contribution >= 0.6 is 0 Å². The average Bonchev–Trinajstić information content (AvgIpc) is 2.62. The number of nitrogens with two attached hydrogens (primary N) is 1. The maximum Gasteiger partial charge on any atom is 0.248 e. The van der Waals surface area contributed by atoms with Crippen molar-refractivity contribution >= 4 is 17.5 Å². The molecule has 0 saturated heterocycles. The lowest BCUT2D eigenvalue weighted by atomic mass is 10.1. The third kappa shape index (κ3) is 5.72. The fourth-order valence-corrected chi connectivity index (χ4v) is 2.54. The van der Waals surface area contributed by atoms with Gasteiger partial charge in [0.15, 0.2) is 0 Å². The number of benzene rings is 2. The van der Waals surface area contributed by atoms with Crippen LogP contribution < -0.4 is 11.1 Å². The van der Waals surface area contributed by atoms with Gasteiger partial charge in [0.1, 0.15) is 0 Å². The first-order chi connectivity index (χ1) is 12.0. The number of hydrogen-bond donors (Lipinski definition) is 2. The summed E-state index contributed by atoms with van der Waals surface area (Å²) in [6.07, 6.45) is 1.99. The second-order valence-corrected chi connectivity index (χ2v) is 6.18. The van der Waals surface area contributed by atoms with Crippen molar-refractivity contribution in [3.63, 3.8) is 0 Å². The Bertz CT molecular complexity index is 699. The number of carbonyl (C=O) groups excluding carboxylic acids is 2. The van der Waals surface area contributed by atoms with Gasteiger partial charge in [-0.25, -0.2) is 0 Å². The topological polar surface area (TPSA) is 75.4 Å². The maximum atomic E-state index is 12.4. The molecule has 5 heteroatoms. The number of hydrogen-bond acceptors (Lipinski definition) is 3. The van der Waals surface area contributed by atoms with E-state index in [-0.39, 0.29) is 11.9 Å². The number of anilines is 1. The van der Waals surface area contributed by atoms with Gasteiger partial charge in [-0.05, 0) is 63.2 Å². The average molecular weight is 339 g/mol. The van der Waals surface area contributed by atoms with Crippen LogP contribution in [0.4, 0.5) is 5.69 Å². The molecule has 0 heterocycles. The molecule has 5 nitrogen and oxygen atoms in total. The summed E-state index contributed by atoms with van der Waals surface area (Å²) in [5.74, 6) is -0.557. The Morgan fingerprint density at radius 1 is 1.08 bits per heavy atom. The van der Waals surface area contributed by atoms with Crippen molar-refractivity contribution in [1.29, 1.82) is 0 Å². The summed E-state index contributed by atoms with van der Waals surface area (Å²) in [6, 6.07) is 16.7. The highest BCUT2D eigenvalue weighted by atomic mass is 16.2. The van der Waals surface area contributed by atoms with Gasteiger partial charge < -0.3 is 11.1 Å². The zero-order valence-electron chi connectivity index (χ0n) is 14.7. The van der Waals surface area contributed by atoms with Crippen molar-refractivity contribution in [2.45, 2.75) is 25.8 Å². The minimum absolute atomic E-state index is 0.0750. The molecular formula is C20H25N3O2. The first-order valence-electron chi connectivity index (χ1n) is 8.42. The molecule has 0 spiro atoms. The first-order valence-corrected chi connectivity index (χ1v) is 8.42. The van der Waals surface area contributed by atoms with E-state index in [1.165, 1.54) is 5.56 Å². The lowest BCUT2D eigenvalue weighted by Gasteiger charge is -2.23. The number of aryl methyl sites for hydroxylation is 1. The first kappa shape index (κ1) is 18.7. The molecule has 0 radical (unpaired) electrons. The standard InChI is InChI=1S/C20H25N3O2/c1-15(23(2)14-6-9-16-7-4-3-5-8-16)20(25)22-18-12-10-17(11-13-18)19(21)24/h3-5,7-8,10-13,15H,6,9,14H2,1-2H3,(H2,21,24)(H,22,25)/t15-/m0/s1. The van der Waals surface area contributed by atoms with Gasteiger partial charge in [-0.1, -0.05) is 30.3 Å². The van der Waals surface area contributed by atoms with Crippen LogP contribution in [0, 0.1) is 0 Å². The Labute approximate surface area is 148 Å². The number of primary amides is 1. The van der Waals surface area contributed by atoms with E-state index in [9.17, 15) is 9.59 Å². The Hall–Kier alpha value is -2.66. The molecule has 0 aliphatic carbocycles. The van der Waals surface area contributed by atoms with E-state index in [2.05, 4.69) is 17.4 Å². The Balaban J connectivity index is 1.80. The smallest absolute Gasteiger partial charge is 0.248 e. The van der Waals surface area contributed by atoms with Crippen LogP contribution in [0.15, 0.2) is 54.6 Å². The van der Waals surface area contributed by atoms with Crippen LogP contribution in [0.5, 0.6) is 0 Å². The van der Waals surface area contributed by atoms with Gasteiger partial charge in [0, 0.05) is 11.3 Å². The van der Waals surface area contributed by atoms with Gasteiger partial charge in [-0.3, -0.25) is 14.5 Å². The molecule has 2 amide bonds. The van der Waals surface area contributed by atoms with Gasteiger partial charge in [0.25, 0.3) is 0 Å². The van der Waals surface area contributed by atoms with E-state index in [1.807, 2.05) is 37.1 Å².